The molecule has 1 fully saturated rings. The zero-order valence-corrected chi connectivity index (χ0v) is 8.35. The van der Waals surface area contributed by atoms with Crippen LogP contribution in [0.1, 0.15) is 34.1 Å². The lowest BCUT2D eigenvalue weighted by Gasteiger charge is -1.90. The largest absolute Gasteiger partial charge is 0.397 e. The molecule has 0 bridgehead atoms. The lowest BCUT2D eigenvalue weighted by atomic mass is 10.2. The molecule has 70 valence electrons. The fraction of sp³-hybridized carbons (Fsp3) is 1.00. The fourth-order valence-corrected chi connectivity index (χ4v) is 0.799. The van der Waals surface area contributed by atoms with Crippen LogP contribution in [0.4, 0.5) is 0 Å². The van der Waals surface area contributed by atoms with Gasteiger partial charge in [-0.05, 0) is 32.4 Å². The van der Waals surface area contributed by atoms with Crippen LogP contribution in [0.15, 0.2) is 0 Å². The minimum absolute atomic E-state index is 0.250. The SMILES string of the molecule is CC.CC1CCNC1.CCO. The monoisotopic (exact) mass is 161 g/mol. The molecule has 1 heterocycles. The van der Waals surface area contributed by atoms with E-state index in [1.807, 2.05) is 13.8 Å². The van der Waals surface area contributed by atoms with Gasteiger partial charge in [0.15, 0.2) is 0 Å². The average molecular weight is 161 g/mol. The molecule has 1 saturated heterocycles. The first-order valence-corrected chi connectivity index (χ1v) is 4.62. The van der Waals surface area contributed by atoms with Gasteiger partial charge in [-0.2, -0.15) is 0 Å². The van der Waals surface area contributed by atoms with Crippen LogP contribution in [0.25, 0.3) is 0 Å². The summed E-state index contributed by atoms with van der Waals surface area (Å²) in [6, 6.07) is 0. The van der Waals surface area contributed by atoms with Crippen LogP contribution in [0, 0.1) is 5.92 Å². The topological polar surface area (TPSA) is 32.3 Å². The predicted molar refractivity (Wildman–Crippen MR) is 50.8 cm³/mol. The van der Waals surface area contributed by atoms with Crippen LogP contribution in [-0.2, 0) is 0 Å². The highest BCUT2D eigenvalue weighted by Gasteiger charge is 2.06. The Morgan fingerprint density at radius 1 is 1.45 bits per heavy atom. The zero-order chi connectivity index (χ0) is 9.11. The van der Waals surface area contributed by atoms with Gasteiger partial charge < -0.3 is 10.4 Å². The van der Waals surface area contributed by atoms with Crippen molar-refractivity contribution in [2.75, 3.05) is 19.7 Å². The Balaban J connectivity index is 0. The molecule has 1 atom stereocenters. The first kappa shape index (κ1) is 13.5. The molecule has 0 spiro atoms. The highest BCUT2D eigenvalue weighted by atomic mass is 16.2. The maximum Gasteiger partial charge on any atom is 0.0402 e. The van der Waals surface area contributed by atoms with Gasteiger partial charge in [0, 0.05) is 6.61 Å². The fourth-order valence-electron chi connectivity index (χ4n) is 0.799. The molecule has 0 aromatic rings. The van der Waals surface area contributed by atoms with Gasteiger partial charge in [-0.25, -0.2) is 0 Å². The maximum absolute atomic E-state index is 7.57. The molecule has 1 aliphatic rings. The molecule has 2 nitrogen and oxygen atoms in total. The van der Waals surface area contributed by atoms with Crippen LogP contribution >= 0.6 is 0 Å². The minimum atomic E-state index is 0.250. The Kier molecular flexibility index (Phi) is 15.4. The van der Waals surface area contributed by atoms with E-state index in [2.05, 4.69) is 12.2 Å². The highest BCUT2D eigenvalue weighted by Crippen LogP contribution is 2.03. The van der Waals surface area contributed by atoms with Crippen molar-refractivity contribution in [3.8, 4) is 0 Å². The molecule has 1 unspecified atom stereocenters. The summed E-state index contributed by atoms with van der Waals surface area (Å²) in [4.78, 5) is 0. The van der Waals surface area contributed by atoms with Gasteiger partial charge in [0.05, 0.1) is 0 Å². The van der Waals surface area contributed by atoms with Crippen LogP contribution in [0.3, 0.4) is 0 Å². The van der Waals surface area contributed by atoms with Gasteiger partial charge in [-0.15, -0.1) is 0 Å². The van der Waals surface area contributed by atoms with Crippen molar-refractivity contribution < 1.29 is 5.11 Å². The van der Waals surface area contributed by atoms with E-state index >= 15 is 0 Å². The van der Waals surface area contributed by atoms with E-state index in [4.69, 9.17) is 5.11 Å². The summed E-state index contributed by atoms with van der Waals surface area (Å²) in [6.07, 6.45) is 1.38. The predicted octanol–water partition coefficient (Wildman–Crippen LogP) is 1.64. The standard InChI is InChI=1S/C5H11N.C2H6O.C2H6/c1-5-2-3-6-4-5;1-2-3;1-2/h5-6H,2-4H2,1H3;3H,2H2,1H3;1-2H3. The molecule has 0 amide bonds. The van der Waals surface area contributed by atoms with Gasteiger partial charge in [-0.3, -0.25) is 0 Å². The van der Waals surface area contributed by atoms with Gasteiger partial charge in [0.1, 0.15) is 0 Å². The van der Waals surface area contributed by atoms with E-state index in [-0.39, 0.29) is 6.61 Å². The van der Waals surface area contributed by atoms with Crippen LogP contribution < -0.4 is 5.32 Å². The van der Waals surface area contributed by atoms with E-state index in [1.54, 1.807) is 6.92 Å². The summed E-state index contributed by atoms with van der Waals surface area (Å²) < 4.78 is 0. The lowest BCUT2D eigenvalue weighted by Crippen LogP contribution is -2.06. The van der Waals surface area contributed by atoms with E-state index in [0.717, 1.165) is 5.92 Å². The smallest absolute Gasteiger partial charge is 0.0402 e. The Bertz CT molecular complexity index is 51.5. The van der Waals surface area contributed by atoms with Crippen molar-refractivity contribution >= 4 is 0 Å². The van der Waals surface area contributed by atoms with E-state index in [0.29, 0.717) is 0 Å². The third-order valence-electron chi connectivity index (χ3n) is 1.31. The van der Waals surface area contributed by atoms with Crippen LogP contribution in [0.5, 0.6) is 0 Å². The van der Waals surface area contributed by atoms with Gasteiger partial charge >= 0.3 is 0 Å². The van der Waals surface area contributed by atoms with E-state index < -0.39 is 0 Å². The van der Waals surface area contributed by atoms with Gasteiger partial charge in [0.2, 0.25) is 0 Å². The highest BCUT2D eigenvalue weighted by molar-refractivity contribution is 4.65. The van der Waals surface area contributed by atoms with Crippen molar-refractivity contribution in [1.82, 2.24) is 5.32 Å². The number of hydrogen-bond donors (Lipinski definition) is 2. The summed E-state index contributed by atoms with van der Waals surface area (Å²) >= 11 is 0. The van der Waals surface area contributed by atoms with Crippen LogP contribution in [0.2, 0.25) is 0 Å². The molecule has 1 rings (SSSR count). The van der Waals surface area contributed by atoms with Crippen molar-refractivity contribution in [2.45, 2.75) is 34.1 Å². The molecular weight excluding hydrogens is 138 g/mol. The Morgan fingerprint density at radius 2 is 1.91 bits per heavy atom. The molecule has 0 radical (unpaired) electrons. The Morgan fingerprint density at radius 3 is 2.00 bits per heavy atom. The van der Waals surface area contributed by atoms with Crippen molar-refractivity contribution in [1.29, 1.82) is 0 Å². The normalized spacial score (nSPS) is 21.0. The van der Waals surface area contributed by atoms with E-state index in [9.17, 15) is 0 Å². The average Bonchev–Trinajstić information content (AvgIpc) is 2.46. The molecule has 2 N–H and O–H groups in total. The van der Waals surface area contributed by atoms with E-state index in [1.165, 1.54) is 19.5 Å². The zero-order valence-electron chi connectivity index (χ0n) is 8.35. The molecule has 0 aromatic heterocycles. The molecule has 0 aromatic carbocycles. The number of aliphatic hydroxyl groups excluding tert-OH is 1. The first-order valence-electron chi connectivity index (χ1n) is 4.62. The third-order valence-corrected chi connectivity index (χ3v) is 1.31. The summed E-state index contributed by atoms with van der Waals surface area (Å²) in [5, 5.41) is 10.8. The summed E-state index contributed by atoms with van der Waals surface area (Å²) in [6.45, 7) is 10.7. The molecule has 2 heteroatoms. The molecule has 1 aliphatic heterocycles. The Labute approximate surface area is 71.0 Å². The van der Waals surface area contributed by atoms with Crippen molar-refractivity contribution in [3.05, 3.63) is 0 Å². The number of rotatable bonds is 0. The first-order chi connectivity index (χ1) is 5.31. The molecule has 11 heavy (non-hydrogen) atoms. The second-order valence-corrected chi connectivity index (χ2v) is 2.41. The quantitative estimate of drug-likeness (QED) is 0.566. The molecular formula is C9H23NO. The number of aliphatic hydroxyl groups is 1. The second-order valence-electron chi connectivity index (χ2n) is 2.41. The number of nitrogens with one attached hydrogen (secondary N) is 1. The summed E-state index contributed by atoms with van der Waals surface area (Å²) in [7, 11) is 0. The second kappa shape index (κ2) is 12.6. The van der Waals surface area contributed by atoms with Crippen molar-refractivity contribution in [3.63, 3.8) is 0 Å². The minimum Gasteiger partial charge on any atom is -0.397 e. The number of hydrogen-bond acceptors (Lipinski definition) is 2. The van der Waals surface area contributed by atoms with Gasteiger partial charge in [-0.1, -0.05) is 20.8 Å². The molecule has 0 saturated carbocycles. The lowest BCUT2D eigenvalue weighted by molar-refractivity contribution is 0.318. The maximum atomic E-state index is 7.57. The van der Waals surface area contributed by atoms with Crippen molar-refractivity contribution in [2.24, 2.45) is 5.92 Å². The third kappa shape index (κ3) is 13.0. The Hall–Kier alpha value is -0.0800. The molecule has 0 aliphatic carbocycles. The summed E-state index contributed by atoms with van der Waals surface area (Å²) in [5.41, 5.74) is 0. The van der Waals surface area contributed by atoms with Crippen LogP contribution in [-0.4, -0.2) is 24.8 Å². The van der Waals surface area contributed by atoms with Gasteiger partial charge in [0.25, 0.3) is 0 Å². The summed E-state index contributed by atoms with van der Waals surface area (Å²) in [5.74, 6) is 0.935.